The number of hydrogen-bond acceptors (Lipinski definition) is 4. The number of carbonyl (C=O) groups is 2. The standard InChI is InChI=1S/C22H26BrCl2N3O4S/c1-4-20(22(30)26-5-2)27(13-15-9-10-17(24)12-19(15)25)21(29)14-28(33(3,31)32)18-8-6-7-16(23)11-18/h6-12,20H,4-5,13-14H2,1-3H3,(H,26,30)/t20-/m0/s1. The van der Waals surface area contributed by atoms with Gasteiger partial charge < -0.3 is 10.2 Å². The molecule has 180 valence electrons. The molecule has 33 heavy (non-hydrogen) atoms. The minimum Gasteiger partial charge on any atom is -0.355 e. The number of nitrogens with one attached hydrogen (secondary N) is 1. The molecule has 0 aliphatic heterocycles. The maximum absolute atomic E-state index is 13.5. The Balaban J connectivity index is 2.46. The van der Waals surface area contributed by atoms with Crippen molar-refractivity contribution in [2.75, 3.05) is 23.7 Å². The molecule has 0 saturated heterocycles. The number of sulfonamides is 1. The summed E-state index contributed by atoms with van der Waals surface area (Å²) in [5, 5.41) is 3.52. The fourth-order valence-electron chi connectivity index (χ4n) is 3.29. The van der Waals surface area contributed by atoms with E-state index < -0.39 is 28.5 Å². The molecule has 0 aromatic heterocycles. The monoisotopic (exact) mass is 577 g/mol. The number of nitrogens with zero attached hydrogens (tertiary/aromatic N) is 2. The molecule has 7 nitrogen and oxygen atoms in total. The van der Waals surface area contributed by atoms with Gasteiger partial charge in [-0.3, -0.25) is 13.9 Å². The van der Waals surface area contributed by atoms with Gasteiger partial charge >= 0.3 is 0 Å². The van der Waals surface area contributed by atoms with Gasteiger partial charge in [-0.2, -0.15) is 0 Å². The lowest BCUT2D eigenvalue weighted by molar-refractivity contribution is -0.140. The molecule has 0 aliphatic rings. The second-order valence-electron chi connectivity index (χ2n) is 7.33. The summed E-state index contributed by atoms with van der Waals surface area (Å²) in [6.07, 6.45) is 1.36. The van der Waals surface area contributed by atoms with E-state index in [0.717, 1.165) is 10.6 Å². The second kappa shape index (κ2) is 12.1. The fraction of sp³-hybridized carbons (Fsp3) is 0.364. The number of benzene rings is 2. The summed E-state index contributed by atoms with van der Waals surface area (Å²) < 4.78 is 26.8. The number of anilines is 1. The molecule has 0 heterocycles. The Hall–Kier alpha value is -1.81. The molecule has 2 rings (SSSR count). The van der Waals surface area contributed by atoms with Crippen LogP contribution in [-0.4, -0.2) is 50.5 Å². The summed E-state index contributed by atoms with van der Waals surface area (Å²) in [4.78, 5) is 27.6. The number of rotatable bonds is 10. The van der Waals surface area contributed by atoms with Crippen LogP contribution in [0.15, 0.2) is 46.9 Å². The van der Waals surface area contributed by atoms with Gasteiger partial charge in [0, 0.05) is 27.6 Å². The molecule has 0 unspecified atom stereocenters. The highest BCUT2D eigenvalue weighted by molar-refractivity contribution is 9.10. The Morgan fingerprint density at radius 3 is 2.36 bits per heavy atom. The minimum absolute atomic E-state index is 0.0144. The normalized spacial score (nSPS) is 12.2. The van der Waals surface area contributed by atoms with Gasteiger partial charge in [-0.1, -0.05) is 58.2 Å². The summed E-state index contributed by atoms with van der Waals surface area (Å²) in [5.74, 6) is -0.865. The highest BCUT2D eigenvalue weighted by Gasteiger charge is 2.32. The molecule has 0 radical (unpaired) electrons. The third kappa shape index (κ3) is 7.60. The van der Waals surface area contributed by atoms with Crippen molar-refractivity contribution in [1.82, 2.24) is 10.2 Å². The van der Waals surface area contributed by atoms with E-state index in [4.69, 9.17) is 23.2 Å². The van der Waals surface area contributed by atoms with E-state index in [1.165, 1.54) is 4.90 Å². The average Bonchev–Trinajstić information content (AvgIpc) is 2.72. The van der Waals surface area contributed by atoms with Crippen LogP contribution in [-0.2, 0) is 26.2 Å². The van der Waals surface area contributed by atoms with Gasteiger partial charge in [-0.15, -0.1) is 0 Å². The van der Waals surface area contributed by atoms with Crippen LogP contribution in [0.5, 0.6) is 0 Å². The van der Waals surface area contributed by atoms with Gasteiger partial charge in [0.1, 0.15) is 12.6 Å². The summed E-state index contributed by atoms with van der Waals surface area (Å²) in [6, 6.07) is 10.7. The minimum atomic E-state index is -3.79. The Morgan fingerprint density at radius 2 is 1.82 bits per heavy atom. The van der Waals surface area contributed by atoms with Crippen LogP contribution < -0.4 is 9.62 Å². The first-order valence-corrected chi connectivity index (χ1v) is 13.6. The Kier molecular flexibility index (Phi) is 10.0. The highest BCUT2D eigenvalue weighted by atomic mass is 79.9. The van der Waals surface area contributed by atoms with Gasteiger partial charge in [0.05, 0.1) is 11.9 Å². The number of likely N-dealkylation sites (N-methyl/N-ethyl adjacent to an activating group) is 1. The Bertz CT molecular complexity index is 1110. The van der Waals surface area contributed by atoms with Crippen molar-refractivity contribution in [1.29, 1.82) is 0 Å². The number of hydrogen-bond donors (Lipinski definition) is 1. The number of halogens is 3. The third-order valence-electron chi connectivity index (χ3n) is 4.87. The summed E-state index contributed by atoms with van der Waals surface area (Å²) >= 11 is 15.6. The Morgan fingerprint density at radius 1 is 1.12 bits per heavy atom. The van der Waals surface area contributed by atoms with E-state index in [-0.39, 0.29) is 12.5 Å². The van der Waals surface area contributed by atoms with E-state index >= 15 is 0 Å². The van der Waals surface area contributed by atoms with Crippen molar-refractivity contribution in [2.45, 2.75) is 32.9 Å². The lowest BCUT2D eigenvalue weighted by Crippen LogP contribution is -2.52. The molecule has 0 bridgehead atoms. The number of carbonyl (C=O) groups excluding carboxylic acids is 2. The van der Waals surface area contributed by atoms with Crippen LogP contribution in [0.3, 0.4) is 0 Å². The zero-order valence-corrected chi connectivity index (χ0v) is 22.4. The van der Waals surface area contributed by atoms with E-state index in [2.05, 4.69) is 21.2 Å². The smallest absolute Gasteiger partial charge is 0.244 e. The molecular formula is C22H26BrCl2N3O4S. The molecule has 2 amide bonds. The maximum atomic E-state index is 13.5. The molecule has 1 N–H and O–H groups in total. The van der Waals surface area contributed by atoms with E-state index in [1.807, 2.05) is 0 Å². The van der Waals surface area contributed by atoms with E-state index in [9.17, 15) is 18.0 Å². The molecule has 0 aliphatic carbocycles. The van der Waals surface area contributed by atoms with Crippen molar-refractivity contribution >= 4 is 66.7 Å². The summed E-state index contributed by atoms with van der Waals surface area (Å²) in [5.41, 5.74) is 0.918. The molecule has 0 saturated carbocycles. The molecule has 0 fully saturated rings. The average molecular weight is 579 g/mol. The van der Waals surface area contributed by atoms with Gasteiger partial charge in [0.15, 0.2) is 0 Å². The first-order chi connectivity index (χ1) is 15.5. The van der Waals surface area contributed by atoms with Crippen LogP contribution in [0.4, 0.5) is 5.69 Å². The third-order valence-corrected chi connectivity index (χ3v) is 7.09. The largest absolute Gasteiger partial charge is 0.355 e. The summed E-state index contributed by atoms with van der Waals surface area (Å²) in [7, 11) is -3.79. The van der Waals surface area contributed by atoms with Gasteiger partial charge in [0.2, 0.25) is 21.8 Å². The van der Waals surface area contributed by atoms with E-state index in [1.54, 1.807) is 56.3 Å². The molecule has 2 aromatic carbocycles. The topological polar surface area (TPSA) is 86.8 Å². The number of amides is 2. The molecule has 0 spiro atoms. The zero-order chi connectivity index (χ0) is 24.8. The predicted octanol–water partition coefficient (Wildman–Crippen LogP) is 4.47. The van der Waals surface area contributed by atoms with Crippen LogP contribution in [0, 0.1) is 0 Å². The van der Waals surface area contributed by atoms with Gasteiger partial charge in [0.25, 0.3) is 0 Å². The van der Waals surface area contributed by atoms with Crippen molar-refractivity contribution < 1.29 is 18.0 Å². The van der Waals surface area contributed by atoms with Crippen LogP contribution in [0.1, 0.15) is 25.8 Å². The first-order valence-electron chi connectivity index (χ1n) is 10.2. The second-order valence-corrected chi connectivity index (χ2v) is 11.0. The van der Waals surface area contributed by atoms with Crippen molar-refractivity contribution in [3.63, 3.8) is 0 Å². The van der Waals surface area contributed by atoms with E-state index in [0.29, 0.717) is 38.7 Å². The molecule has 11 heteroatoms. The predicted molar refractivity (Wildman–Crippen MR) is 136 cm³/mol. The van der Waals surface area contributed by atoms with Crippen LogP contribution in [0.2, 0.25) is 10.0 Å². The zero-order valence-electron chi connectivity index (χ0n) is 18.5. The molecule has 2 aromatic rings. The highest BCUT2D eigenvalue weighted by Crippen LogP contribution is 2.25. The SMILES string of the molecule is CCNC(=O)[C@H](CC)N(Cc1ccc(Cl)cc1Cl)C(=O)CN(c1cccc(Br)c1)S(C)(=O)=O. The van der Waals surface area contributed by atoms with Crippen molar-refractivity contribution in [2.24, 2.45) is 0 Å². The lowest BCUT2D eigenvalue weighted by atomic mass is 10.1. The van der Waals surface area contributed by atoms with Crippen molar-refractivity contribution in [3.05, 3.63) is 62.5 Å². The lowest BCUT2D eigenvalue weighted by Gasteiger charge is -2.33. The quantitative estimate of drug-likeness (QED) is 0.451. The van der Waals surface area contributed by atoms with Crippen molar-refractivity contribution in [3.8, 4) is 0 Å². The molecule has 1 atom stereocenters. The fourth-order valence-corrected chi connectivity index (χ4v) is 4.99. The van der Waals surface area contributed by atoms with Crippen LogP contribution >= 0.6 is 39.1 Å². The molecular weight excluding hydrogens is 553 g/mol. The first kappa shape index (κ1) is 27.4. The van der Waals surface area contributed by atoms with Gasteiger partial charge in [-0.05, 0) is 49.2 Å². The summed E-state index contributed by atoms with van der Waals surface area (Å²) in [6.45, 7) is 3.50. The van der Waals surface area contributed by atoms with Crippen LogP contribution in [0.25, 0.3) is 0 Å². The Labute approximate surface area is 213 Å². The van der Waals surface area contributed by atoms with Gasteiger partial charge in [-0.25, -0.2) is 8.42 Å². The maximum Gasteiger partial charge on any atom is 0.244 e.